The zero-order chi connectivity index (χ0) is 25.0. The molecule has 3 heterocycles. The van der Waals surface area contributed by atoms with Gasteiger partial charge in [0.05, 0.1) is 23.6 Å². The number of hydrogen-bond acceptors (Lipinski definition) is 5. The highest BCUT2D eigenvalue weighted by Crippen LogP contribution is 2.32. The summed E-state index contributed by atoms with van der Waals surface area (Å²) in [5.41, 5.74) is 3.89. The number of fused-ring (bicyclic) bond motifs is 1. The molecule has 2 aliphatic rings. The summed E-state index contributed by atoms with van der Waals surface area (Å²) < 4.78 is 45.3. The minimum Gasteiger partial charge on any atom is -0.368 e. The normalized spacial score (nSPS) is 19.3. The van der Waals surface area contributed by atoms with E-state index in [9.17, 15) is 12.8 Å². The van der Waals surface area contributed by atoms with E-state index in [1.807, 2.05) is 17.8 Å². The number of halogens is 1. The Morgan fingerprint density at radius 1 is 1.06 bits per heavy atom. The number of benzene rings is 2. The second kappa shape index (κ2) is 8.70. The zero-order valence-corrected chi connectivity index (χ0v) is 21.2. The molecule has 1 atom stereocenters. The topological polar surface area (TPSA) is 76.3 Å². The molecule has 0 bridgehead atoms. The van der Waals surface area contributed by atoms with Crippen LogP contribution in [0.25, 0.3) is 16.6 Å². The van der Waals surface area contributed by atoms with E-state index >= 15 is 0 Å². The Bertz CT molecular complexity index is 1520. The molecule has 8 nitrogen and oxygen atoms in total. The van der Waals surface area contributed by atoms with Gasteiger partial charge in [0.25, 0.3) is 0 Å². The summed E-state index contributed by atoms with van der Waals surface area (Å²) >= 11 is 0. The Morgan fingerprint density at radius 3 is 2.56 bits per heavy atom. The fourth-order valence-electron chi connectivity index (χ4n) is 5.09. The highest BCUT2D eigenvalue weighted by molar-refractivity contribution is 7.89. The first-order valence-corrected chi connectivity index (χ1v) is 13.8. The van der Waals surface area contributed by atoms with Gasteiger partial charge < -0.3 is 4.90 Å². The fourth-order valence-corrected chi connectivity index (χ4v) is 6.66. The summed E-state index contributed by atoms with van der Waals surface area (Å²) in [7, 11) is -3.60. The maximum Gasteiger partial charge on any atom is 0.246 e. The van der Waals surface area contributed by atoms with Gasteiger partial charge in [-0.05, 0) is 74.6 Å². The smallest absolute Gasteiger partial charge is 0.246 e. The number of rotatable bonds is 6. The van der Waals surface area contributed by atoms with Crippen LogP contribution in [-0.4, -0.2) is 58.0 Å². The Kier molecular flexibility index (Phi) is 5.60. The van der Waals surface area contributed by atoms with Crippen LogP contribution in [0.4, 0.5) is 10.1 Å². The van der Waals surface area contributed by atoms with Gasteiger partial charge in [0.15, 0.2) is 0 Å². The standard InChI is InChI=1S/C26H29FN6O2S/c1-18-11-26-21(13-29-33(26)23-7-5-22(27)6-8-23)12-25(18)30-9-10-32(19(2)15-30)36(34,35)24-14-28-31(17-24)16-20-3-4-20/h5-8,11-14,17,19-20H,3-4,9-10,15-16H2,1-2H3/t19-/m1/s1. The molecule has 6 rings (SSSR count). The lowest BCUT2D eigenvalue weighted by molar-refractivity contribution is 0.306. The van der Waals surface area contributed by atoms with E-state index in [1.165, 1.54) is 31.2 Å². The van der Waals surface area contributed by atoms with E-state index in [1.54, 1.807) is 27.3 Å². The molecule has 0 N–H and O–H groups in total. The lowest BCUT2D eigenvalue weighted by Gasteiger charge is -2.40. The predicted molar refractivity (Wildman–Crippen MR) is 136 cm³/mol. The molecule has 188 valence electrons. The van der Waals surface area contributed by atoms with E-state index in [4.69, 9.17) is 0 Å². The van der Waals surface area contributed by atoms with Gasteiger partial charge in [0, 0.05) is 49.5 Å². The molecule has 2 fully saturated rings. The first-order chi connectivity index (χ1) is 17.3. The number of nitrogens with zero attached hydrogens (tertiary/aromatic N) is 6. The van der Waals surface area contributed by atoms with Crippen LogP contribution in [0.5, 0.6) is 0 Å². The lowest BCUT2D eigenvalue weighted by Crippen LogP contribution is -2.54. The maximum atomic E-state index is 13.4. The van der Waals surface area contributed by atoms with Crippen molar-refractivity contribution in [2.75, 3.05) is 24.5 Å². The predicted octanol–water partition coefficient (Wildman–Crippen LogP) is 3.98. The minimum atomic E-state index is -3.60. The number of piperazine rings is 1. The average molecular weight is 509 g/mol. The summed E-state index contributed by atoms with van der Waals surface area (Å²) in [6.45, 7) is 6.39. The SMILES string of the molecule is Cc1cc2c(cnn2-c2ccc(F)cc2)cc1N1CCN(S(=O)(=O)c2cnn(CC3CC3)c2)[C@H](C)C1. The second-order valence-electron chi connectivity index (χ2n) is 9.98. The molecule has 2 aromatic heterocycles. The molecule has 1 saturated heterocycles. The minimum absolute atomic E-state index is 0.187. The molecule has 2 aromatic carbocycles. The van der Waals surface area contributed by atoms with Gasteiger partial charge in [0.2, 0.25) is 10.0 Å². The summed E-state index contributed by atoms with van der Waals surface area (Å²) in [4.78, 5) is 2.52. The van der Waals surface area contributed by atoms with Crippen LogP contribution < -0.4 is 4.90 Å². The van der Waals surface area contributed by atoms with Crippen molar-refractivity contribution in [2.24, 2.45) is 5.92 Å². The fraction of sp³-hybridized carbons (Fsp3) is 0.385. The van der Waals surface area contributed by atoms with Crippen molar-refractivity contribution >= 4 is 26.6 Å². The maximum absolute atomic E-state index is 13.4. The lowest BCUT2D eigenvalue weighted by atomic mass is 10.1. The molecule has 0 radical (unpaired) electrons. The first-order valence-electron chi connectivity index (χ1n) is 12.3. The van der Waals surface area contributed by atoms with Crippen LogP contribution in [0.3, 0.4) is 0 Å². The van der Waals surface area contributed by atoms with Crippen LogP contribution >= 0.6 is 0 Å². The van der Waals surface area contributed by atoms with Crippen LogP contribution in [0, 0.1) is 18.7 Å². The van der Waals surface area contributed by atoms with Crippen molar-refractivity contribution in [3.05, 3.63) is 66.4 Å². The average Bonchev–Trinajstić information content (AvgIpc) is 3.37. The molecule has 0 spiro atoms. The Balaban J connectivity index is 1.22. The molecule has 10 heteroatoms. The number of aromatic nitrogens is 4. The third kappa shape index (κ3) is 4.18. The molecule has 36 heavy (non-hydrogen) atoms. The first kappa shape index (κ1) is 23.2. The van der Waals surface area contributed by atoms with Gasteiger partial charge in [0.1, 0.15) is 10.7 Å². The molecule has 0 amide bonds. The van der Waals surface area contributed by atoms with Gasteiger partial charge in [-0.25, -0.2) is 17.5 Å². The highest BCUT2D eigenvalue weighted by atomic mass is 32.2. The largest absolute Gasteiger partial charge is 0.368 e. The Hall–Kier alpha value is -3.24. The Labute approximate surface area is 210 Å². The van der Waals surface area contributed by atoms with Crippen molar-refractivity contribution in [2.45, 2.75) is 44.2 Å². The monoisotopic (exact) mass is 508 g/mol. The molecule has 1 aliphatic heterocycles. The summed E-state index contributed by atoms with van der Waals surface area (Å²) in [6, 6.07) is 10.3. The molecular weight excluding hydrogens is 479 g/mol. The van der Waals surface area contributed by atoms with Gasteiger partial charge >= 0.3 is 0 Å². The molecular formula is C26H29FN6O2S. The van der Waals surface area contributed by atoms with Crippen molar-refractivity contribution in [3.8, 4) is 5.69 Å². The molecule has 0 unspecified atom stereocenters. The van der Waals surface area contributed by atoms with Crippen molar-refractivity contribution < 1.29 is 12.8 Å². The molecule has 4 aromatic rings. The van der Waals surface area contributed by atoms with E-state index in [2.05, 4.69) is 34.2 Å². The summed E-state index contributed by atoms with van der Waals surface area (Å²) in [5.74, 6) is 0.349. The van der Waals surface area contributed by atoms with E-state index in [0.29, 0.717) is 25.6 Å². The number of anilines is 1. The van der Waals surface area contributed by atoms with Gasteiger partial charge in [-0.2, -0.15) is 14.5 Å². The van der Waals surface area contributed by atoms with Crippen molar-refractivity contribution in [1.82, 2.24) is 23.9 Å². The third-order valence-corrected chi connectivity index (χ3v) is 9.19. The molecule has 1 aliphatic carbocycles. The van der Waals surface area contributed by atoms with Crippen LogP contribution in [0.15, 0.2) is 59.9 Å². The quantitative estimate of drug-likeness (QED) is 0.394. The second-order valence-corrected chi connectivity index (χ2v) is 11.9. The van der Waals surface area contributed by atoms with E-state index in [0.717, 1.165) is 34.4 Å². The Morgan fingerprint density at radius 2 is 1.83 bits per heavy atom. The zero-order valence-electron chi connectivity index (χ0n) is 20.4. The number of aryl methyl sites for hydroxylation is 1. The van der Waals surface area contributed by atoms with E-state index < -0.39 is 10.0 Å². The van der Waals surface area contributed by atoms with Crippen molar-refractivity contribution in [3.63, 3.8) is 0 Å². The summed E-state index contributed by atoms with van der Waals surface area (Å²) in [6.07, 6.45) is 7.35. The van der Waals surface area contributed by atoms with Gasteiger partial charge in [-0.3, -0.25) is 4.68 Å². The van der Waals surface area contributed by atoms with Crippen molar-refractivity contribution in [1.29, 1.82) is 0 Å². The highest BCUT2D eigenvalue weighted by Gasteiger charge is 2.35. The third-order valence-electron chi connectivity index (χ3n) is 7.22. The van der Waals surface area contributed by atoms with Crippen LogP contribution in [0.2, 0.25) is 0 Å². The van der Waals surface area contributed by atoms with Crippen LogP contribution in [0.1, 0.15) is 25.3 Å². The van der Waals surface area contributed by atoms with Gasteiger partial charge in [-0.1, -0.05) is 0 Å². The van der Waals surface area contributed by atoms with Gasteiger partial charge in [-0.15, -0.1) is 0 Å². The van der Waals surface area contributed by atoms with Crippen LogP contribution in [-0.2, 0) is 16.6 Å². The van der Waals surface area contributed by atoms with E-state index in [-0.39, 0.29) is 16.8 Å². The number of hydrogen-bond donors (Lipinski definition) is 0. The number of sulfonamides is 1. The molecule has 1 saturated carbocycles. The summed E-state index contributed by atoms with van der Waals surface area (Å²) in [5, 5.41) is 9.78.